The van der Waals surface area contributed by atoms with Crippen LogP contribution in [-0.2, 0) is 14.4 Å². The first kappa shape index (κ1) is 21.8. The molecule has 2 heterocycles. The molecular weight excluding hydrogens is 463 g/mol. The van der Waals surface area contributed by atoms with Crippen molar-refractivity contribution in [2.75, 3.05) is 16.6 Å². The molecule has 3 atom stereocenters. The second kappa shape index (κ2) is 8.71. The van der Waals surface area contributed by atoms with Gasteiger partial charge in [-0.05, 0) is 61.0 Å². The van der Waals surface area contributed by atoms with E-state index in [0.717, 1.165) is 5.69 Å². The normalized spacial score (nSPS) is 22.1. The van der Waals surface area contributed by atoms with E-state index < -0.39 is 24.0 Å². The molecule has 0 saturated carbocycles. The molecule has 0 bridgehead atoms. The van der Waals surface area contributed by atoms with Gasteiger partial charge >= 0.3 is 0 Å². The molecule has 0 aromatic heterocycles. The number of nitrogens with zero attached hydrogens (tertiary/aromatic N) is 2. The lowest BCUT2D eigenvalue weighted by Gasteiger charge is -2.29. The van der Waals surface area contributed by atoms with Gasteiger partial charge in [-0.15, -0.1) is 0 Å². The van der Waals surface area contributed by atoms with Crippen LogP contribution >= 0.6 is 23.2 Å². The Labute approximate surface area is 201 Å². The summed E-state index contributed by atoms with van der Waals surface area (Å²) in [4.78, 5) is 34.3. The number of hydroxylamine groups is 1. The summed E-state index contributed by atoms with van der Waals surface area (Å²) in [7, 11) is 0. The molecule has 5 rings (SSSR count). The number of halogens is 2. The van der Waals surface area contributed by atoms with Crippen LogP contribution in [0.25, 0.3) is 0 Å². The van der Waals surface area contributed by atoms with Crippen LogP contribution in [0.5, 0.6) is 5.75 Å². The molecule has 0 aliphatic carbocycles. The molecule has 0 radical (unpaired) electrons. The number of amides is 2. The highest BCUT2D eigenvalue weighted by molar-refractivity contribution is 6.35. The Morgan fingerprint density at radius 1 is 0.909 bits per heavy atom. The Morgan fingerprint density at radius 3 is 2.30 bits per heavy atom. The van der Waals surface area contributed by atoms with Crippen molar-refractivity contribution in [2.24, 2.45) is 5.92 Å². The maximum atomic E-state index is 13.6. The van der Waals surface area contributed by atoms with E-state index in [1.807, 2.05) is 37.3 Å². The number of hydrogen-bond donors (Lipinski definition) is 0. The number of carbonyl (C=O) groups is 2. The molecule has 2 fully saturated rings. The maximum Gasteiger partial charge on any atom is 0.266 e. The van der Waals surface area contributed by atoms with E-state index in [0.29, 0.717) is 33.7 Å². The van der Waals surface area contributed by atoms with E-state index in [1.54, 1.807) is 47.5 Å². The fourth-order valence-corrected chi connectivity index (χ4v) is 4.90. The Kier molecular flexibility index (Phi) is 5.74. The van der Waals surface area contributed by atoms with Crippen LogP contribution in [0.15, 0.2) is 72.8 Å². The Hall–Kier alpha value is -3.06. The van der Waals surface area contributed by atoms with Gasteiger partial charge in [-0.1, -0.05) is 47.5 Å². The monoisotopic (exact) mass is 482 g/mol. The predicted octanol–water partition coefficient (Wildman–Crippen LogP) is 5.44. The van der Waals surface area contributed by atoms with Crippen molar-refractivity contribution < 1.29 is 19.2 Å². The fourth-order valence-electron chi connectivity index (χ4n) is 4.38. The van der Waals surface area contributed by atoms with Gasteiger partial charge in [0.1, 0.15) is 11.7 Å². The highest BCUT2D eigenvalue weighted by Gasteiger charge is 2.60. The number of ether oxygens (including phenoxy) is 1. The number of rotatable bonds is 5. The minimum atomic E-state index is -0.971. The van der Waals surface area contributed by atoms with E-state index in [9.17, 15) is 9.59 Å². The van der Waals surface area contributed by atoms with Gasteiger partial charge in [0.2, 0.25) is 5.91 Å². The molecule has 6 nitrogen and oxygen atoms in total. The lowest BCUT2D eigenvalue weighted by molar-refractivity contribution is -0.126. The fraction of sp³-hybridized carbons (Fsp3) is 0.200. The molecule has 3 aromatic rings. The van der Waals surface area contributed by atoms with E-state index in [1.165, 1.54) is 4.90 Å². The third-order valence-corrected chi connectivity index (χ3v) is 6.38. The zero-order valence-electron chi connectivity index (χ0n) is 17.7. The number of carbonyl (C=O) groups excluding carboxylic acids is 2. The van der Waals surface area contributed by atoms with Crippen LogP contribution in [0.2, 0.25) is 10.0 Å². The largest absolute Gasteiger partial charge is 0.494 e. The van der Waals surface area contributed by atoms with Gasteiger partial charge < -0.3 is 4.74 Å². The molecule has 33 heavy (non-hydrogen) atoms. The lowest BCUT2D eigenvalue weighted by atomic mass is 9.90. The lowest BCUT2D eigenvalue weighted by Crippen LogP contribution is -2.37. The first-order chi connectivity index (χ1) is 16.0. The summed E-state index contributed by atoms with van der Waals surface area (Å²) in [5, 5.41) is 2.49. The van der Waals surface area contributed by atoms with Crippen molar-refractivity contribution in [2.45, 2.75) is 19.1 Å². The van der Waals surface area contributed by atoms with Gasteiger partial charge in [-0.3, -0.25) is 14.4 Å². The van der Waals surface area contributed by atoms with Gasteiger partial charge in [-0.2, -0.15) is 0 Å². The second-order valence-electron chi connectivity index (χ2n) is 7.76. The molecule has 0 spiro atoms. The number of para-hydroxylation sites is 1. The van der Waals surface area contributed by atoms with Crippen LogP contribution in [0.4, 0.5) is 11.4 Å². The van der Waals surface area contributed by atoms with Crippen LogP contribution in [0, 0.1) is 5.92 Å². The van der Waals surface area contributed by atoms with E-state index in [-0.39, 0.29) is 5.91 Å². The molecule has 0 unspecified atom stereocenters. The third kappa shape index (κ3) is 3.74. The molecule has 8 heteroatoms. The van der Waals surface area contributed by atoms with Crippen molar-refractivity contribution in [1.82, 2.24) is 0 Å². The highest BCUT2D eigenvalue weighted by atomic mass is 35.5. The minimum absolute atomic E-state index is 0.344. The van der Waals surface area contributed by atoms with E-state index >= 15 is 0 Å². The topological polar surface area (TPSA) is 59.1 Å². The Morgan fingerprint density at radius 2 is 1.64 bits per heavy atom. The zero-order chi connectivity index (χ0) is 23.1. The van der Waals surface area contributed by atoms with Crippen molar-refractivity contribution >= 4 is 46.4 Å². The number of hydrogen-bond acceptors (Lipinski definition) is 5. The minimum Gasteiger partial charge on any atom is -0.494 e. The molecule has 2 aliphatic rings. The van der Waals surface area contributed by atoms with Crippen molar-refractivity contribution in [3.05, 3.63) is 88.4 Å². The molecule has 168 valence electrons. The van der Waals surface area contributed by atoms with Gasteiger partial charge in [0, 0.05) is 10.0 Å². The molecule has 0 N–H and O–H groups in total. The van der Waals surface area contributed by atoms with Crippen LogP contribution < -0.4 is 14.7 Å². The average molecular weight is 483 g/mol. The molecule has 2 aliphatic heterocycles. The van der Waals surface area contributed by atoms with Gasteiger partial charge in [-0.25, -0.2) is 9.96 Å². The third-order valence-electron chi connectivity index (χ3n) is 5.81. The van der Waals surface area contributed by atoms with Gasteiger partial charge in [0.25, 0.3) is 5.91 Å². The van der Waals surface area contributed by atoms with Crippen LogP contribution in [0.1, 0.15) is 18.5 Å². The SMILES string of the molecule is CCOc1ccc(N2C(=O)[C@H]3[C@H](ON(c4ccccc4)[C@@H]3c3ccc(Cl)cc3Cl)C2=O)cc1. The van der Waals surface area contributed by atoms with Crippen molar-refractivity contribution in [3.8, 4) is 5.75 Å². The highest BCUT2D eigenvalue weighted by Crippen LogP contribution is 2.49. The summed E-state index contributed by atoms with van der Waals surface area (Å²) in [6.07, 6.45) is -0.971. The number of benzene rings is 3. The maximum absolute atomic E-state index is 13.6. The van der Waals surface area contributed by atoms with Gasteiger partial charge in [0.15, 0.2) is 6.10 Å². The van der Waals surface area contributed by atoms with Crippen molar-refractivity contribution in [3.63, 3.8) is 0 Å². The quantitative estimate of drug-likeness (QED) is 0.453. The van der Waals surface area contributed by atoms with E-state index in [2.05, 4.69) is 0 Å². The molecule has 2 saturated heterocycles. The summed E-state index contributed by atoms with van der Waals surface area (Å²) >= 11 is 12.7. The molecule has 3 aromatic carbocycles. The van der Waals surface area contributed by atoms with E-state index in [4.69, 9.17) is 32.8 Å². The Balaban J connectivity index is 1.55. The molecular formula is C25H20Cl2N2O4. The van der Waals surface area contributed by atoms with Crippen molar-refractivity contribution in [1.29, 1.82) is 0 Å². The summed E-state index contributed by atoms with van der Waals surface area (Å²) in [5.74, 6) is -0.868. The first-order valence-corrected chi connectivity index (χ1v) is 11.3. The molecule has 2 amide bonds. The summed E-state index contributed by atoms with van der Waals surface area (Å²) in [5.41, 5.74) is 1.85. The zero-order valence-corrected chi connectivity index (χ0v) is 19.2. The first-order valence-electron chi connectivity index (χ1n) is 10.6. The Bertz CT molecular complexity index is 1200. The number of anilines is 2. The number of imide groups is 1. The summed E-state index contributed by atoms with van der Waals surface area (Å²) in [6.45, 7) is 2.41. The standard InChI is InChI=1S/C25H20Cl2N2O4/c1-2-32-18-11-9-16(10-12-18)28-24(30)21-22(19-13-8-15(26)14-20(19)27)29(33-23(21)25(28)31)17-6-4-3-5-7-17/h3-14,21-23H,2H2,1H3/t21-,22-,23+/m1/s1. The van der Waals surface area contributed by atoms with Crippen LogP contribution in [-0.4, -0.2) is 24.5 Å². The predicted molar refractivity (Wildman–Crippen MR) is 127 cm³/mol. The summed E-state index contributed by atoms with van der Waals surface area (Å²) in [6, 6.07) is 20.7. The number of fused-ring (bicyclic) bond motifs is 1. The summed E-state index contributed by atoms with van der Waals surface area (Å²) < 4.78 is 5.47. The smallest absolute Gasteiger partial charge is 0.266 e. The average Bonchev–Trinajstić information content (AvgIpc) is 3.31. The van der Waals surface area contributed by atoms with Crippen LogP contribution in [0.3, 0.4) is 0 Å². The van der Waals surface area contributed by atoms with Gasteiger partial charge in [0.05, 0.1) is 24.0 Å². The second-order valence-corrected chi connectivity index (χ2v) is 8.61.